The molecule has 0 unspecified atom stereocenters. The molecule has 0 aromatic rings. The van der Waals surface area contributed by atoms with Crippen molar-refractivity contribution in [2.45, 2.75) is 0 Å². The number of aliphatic imine (C=N–C) groups is 1. The van der Waals surface area contributed by atoms with Crippen molar-refractivity contribution in [3.05, 3.63) is 0 Å². The Balaban J connectivity index is 3.55. The van der Waals surface area contributed by atoms with Crippen LogP contribution in [0.1, 0.15) is 0 Å². The van der Waals surface area contributed by atoms with Crippen molar-refractivity contribution in [3.63, 3.8) is 0 Å². The highest BCUT2D eigenvalue weighted by Crippen LogP contribution is 1.87. The van der Waals surface area contributed by atoms with Gasteiger partial charge in [-0.3, -0.25) is 4.99 Å². The second-order valence-electron chi connectivity index (χ2n) is 3.71. The van der Waals surface area contributed by atoms with Gasteiger partial charge in [0.1, 0.15) is 0 Å². The molecule has 0 aromatic heterocycles. The fourth-order valence-corrected chi connectivity index (χ4v) is 1.52. The van der Waals surface area contributed by atoms with E-state index in [1.807, 2.05) is 11.8 Å². The van der Waals surface area contributed by atoms with Crippen molar-refractivity contribution in [2.75, 3.05) is 66.0 Å². The number of rotatable bonds is 9. The highest BCUT2D eigenvalue weighted by Gasteiger charge is 1.99. The van der Waals surface area contributed by atoms with E-state index < -0.39 is 0 Å². The highest BCUT2D eigenvalue weighted by atomic mass is 32.2. The Morgan fingerprint density at radius 3 is 2.59 bits per heavy atom. The van der Waals surface area contributed by atoms with Gasteiger partial charge in [0.05, 0.1) is 6.61 Å². The van der Waals surface area contributed by atoms with E-state index in [1.165, 1.54) is 0 Å². The van der Waals surface area contributed by atoms with Crippen LogP contribution in [0.2, 0.25) is 0 Å². The van der Waals surface area contributed by atoms with Crippen LogP contribution in [-0.2, 0) is 4.74 Å². The summed E-state index contributed by atoms with van der Waals surface area (Å²) < 4.78 is 5.03. The summed E-state index contributed by atoms with van der Waals surface area (Å²) in [5.74, 6) is 1.97. The first-order chi connectivity index (χ1) is 8.24. The summed E-state index contributed by atoms with van der Waals surface area (Å²) in [4.78, 5) is 6.39. The molecule has 0 aliphatic heterocycles. The minimum Gasteiger partial charge on any atom is -0.383 e. The van der Waals surface area contributed by atoms with E-state index in [0.29, 0.717) is 0 Å². The fraction of sp³-hybridized carbons (Fsp3) is 0.909. The zero-order valence-electron chi connectivity index (χ0n) is 11.5. The Hall–Kier alpha value is -0.460. The van der Waals surface area contributed by atoms with E-state index in [4.69, 9.17) is 4.74 Å². The van der Waals surface area contributed by atoms with E-state index in [-0.39, 0.29) is 0 Å². The van der Waals surface area contributed by atoms with Crippen molar-refractivity contribution in [3.8, 4) is 0 Å². The van der Waals surface area contributed by atoms with Crippen LogP contribution in [0, 0.1) is 0 Å². The minimum absolute atomic E-state index is 0.775. The Morgan fingerprint density at radius 1 is 1.29 bits per heavy atom. The molecule has 6 heteroatoms. The van der Waals surface area contributed by atoms with Crippen molar-refractivity contribution in [1.82, 2.24) is 15.5 Å². The second-order valence-corrected chi connectivity index (χ2v) is 4.70. The van der Waals surface area contributed by atoms with Crippen LogP contribution >= 0.6 is 11.8 Å². The Labute approximate surface area is 109 Å². The van der Waals surface area contributed by atoms with Gasteiger partial charge in [-0.05, 0) is 13.3 Å². The summed E-state index contributed by atoms with van der Waals surface area (Å²) in [7, 11) is 5.61. The molecule has 0 saturated carbocycles. The number of hydrogen-bond donors (Lipinski definition) is 2. The van der Waals surface area contributed by atoms with Gasteiger partial charge in [0.25, 0.3) is 0 Å². The molecule has 0 aromatic carbocycles. The van der Waals surface area contributed by atoms with Gasteiger partial charge >= 0.3 is 0 Å². The first kappa shape index (κ1) is 16.5. The van der Waals surface area contributed by atoms with Crippen LogP contribution in [0.5, 0.6) is 0 Å². The number of likely N-dealkylation sites (N-methyl/N-ethyl adjacent to an activating group) is 1. The fourth-order valence-electron chi connectivity index (χ4n) is 1.22. The van der Waals surface area contributed by atoms with Gasteiger partial charge in [-0.25, -0.2) is 0 Å². The monoisotopic (exact) mass is 262 g/mol. The highest BCUT2D eigenvalue weighted by molar-refractivity contribution is 7.98. The van der Waals surface area contributed by atoms with Crippen LogP contribution in [0.3, 0.4) is 0 Å². The Morgan fingerprint density at radius 2 is 2.00 bits per heavy atom. The van der Waals surface area contributed by atoms with Crippen LogP contribution in [0.15, 0.2) is 4.99 Å². The lowest BCUT2D eigenvalue weighted by Crippen LogP contribution is -2.42. The van der Waals surface area contributed by atoms with Crippen LogP contribution in [-0.4, -0.2) is 76.9 Å². The summed E-state index contributed by atoms with van der Waals surface area (Å²) in [6, 6.07) is 0. The number of ether oxygens (including phenoxy) is 1. The van der Waals surface area contributed by atoms with E-state index in [1.54, 1.807) is 14.2 Å². The smallest absolute Gasteiger partial charge is 0.191 e. The molecule has 0 amide bonds. The molecule has 0 aliphatic rings. The summed E-state index contributed by atoms with van der Waals surface area (Å²) in [6.07, 6.45) is 2.10. The number of hydrogen-bond acceptors (Lipinski definition) is 4. The van der Waals surface area contributed by atoms with E-state index in [0.717, 1.165) is 44.5 Å². The molecule has 0 radical (unpaired) electrons. The number of thioether (sulfide) groups is 1. The maximum Gasteiger partial charge on any atom is 0.191 e. The first-order valence-corrected chi connectivity index (χ1v) is 7.25. The molecule has 0 atom stereocenters. The normalized spacial score (nSPS) is 11.9. The first-order valence-electron chi connectivity index (χ1n) is 5.85. The average Bonchev–Trinajstić information content (AvgIpc) is 2.34. The maximum atomic E-state index is 5.03. The molecule has 102 valence electrons. The number of methoxy groups -OCH3 is 1. The lowest BCUT2D eigenvalue weighted by molar-refractivity contribution is 0.162. The molecule has 0 rings (SSSR count). The van der Waals surface area contributed by atoms with Crippen molar-refractivity contribution in [1.29, 1.82) is 0 Å². The summed E-state index contributed by atoms with van der Waals surface area (Å²) >= 11 is 1.82. The SMILES string of the molecule is CN=C(NCCSC)NCCN(C)CCOC. The predicted molar refractivity (Wildman–Crippen MR) is 77.1 cm³/mol. The quantitative estimate of drug-likeness (QED) is 0.350. The zero-order valence-corrected chi connectivity index (χ0v) is 12.3. The molecular formula is C11H26N4OS. The topological polar surface area (TPSA) is 48.9 Å². The summed E-state index contributed by atoms with van der Waals surface area (Å²) in [6.45, 7) is 4.54. The maximum absolute atomic E-state index is 5.03. The Bertz CT molecular complexity index is 202. The lowest BCUT2D eigenvalue weighted by atomic mass is 10.5. The third kappa shape index (κ3) is 10.4. The van der Waals surface area contributed by atoms with Gasteiger partial charge in [0, 0.05) is 46.1 Å². The van der Waals surface area contributed by atoms with Gasteiger partial charge in [-0.2, -0.15) is 11.8 Å². The largest absolute Gasteiger partial charge is 0.383 e. The number of nitrogens with one attached hydrogen (secondary N) is 2. The van der Waals surface area contributed by atoms with Crippen LogP contribution < -0.4 is 10.6 Å². The van der Waals surface area contributed by atoms with Crippen LogP contribution in [0.4, 0.5) is 0 Å². The molecule has 0 spiro atoms. The van der Waals surface area contributed by atoms with Gasteiger partial charge in [0.15, 0.2) is 5.96 Å². The lowest BCUT2D eigenvalue weighted by Gasteiger charge is -2.17. The molecule has 5 nitrogen and oxygen atoms in total. The van der Waals surface area contributed by atoms with E-state index in [2.05, 4.69) is 33.8 Å². The van der Waals surface area contributed by atoms with Gasteiger partial charge < -0.3 is 20.3 Å². The summed E-state index contributed by atoms with van der Waals surface area (Å²) in [5.41, 5.74) is 0. The van der Waals surface area contributed by atoms with E-state index in [9.17, 15) is 0 Å². The van der Waals surface area contributed by atoms with Crippen molar-refractivity contribution in [2.24, 2.45) is 4.99 Å². The molecule has 0 fully saturated rings. The number of guanidine groups is 1. The van der Waals surface area contributed by atoms with Gasteiger partial charge in [-0.1, -0.05) is 0 Å². The predicted octanol–water partition coefficient (Wildman–Crippen LogP) is 0.0926. The van der Waals surface area contributed by atoms with E-state index >= 15 is 0 Å². The van der Waals surface area contributed by atoms with Crippen molar-refractivity contribution >= 4 is 17.7 Å². The van der Waals surface area contributed by atoms with Crippen LogP contribution in [0.25, 0.3) is 0 Å². The molecular weight excluding hydrogens is 236 g/mol. The third-order valence-corrected chi connectivity index (χ3v) is 2.90. The zero-order chi connectivity index (χ0) is 12.9. The average molecular weight is 262 g/mol. The second kappa shape index (κ2) is 12.0. The van der Waals surface area contributed by atoms with Crippen molar-refractivity contribution < 1.29 is 4.74 Å². The molecule has 17 heavy (non-hydrogen) atoms. The molecule has 2 N–H and O–H groups in total. The third-order valence-electron chi connectivity index (χ3n) is 2.29. The standard InChI is InChI=1S/C11H26N4OS/c1-12-11(14-6-10-17-4)13-5-7-15(2)8-9-16-3/h5-10H2,1-4H3,(H2,12,13,14). The van der Waals surface area contributed by atoms with Gasteiger partial charge in [-0.15, -0.1) is 0 Å². The minimum atomic E-state index is 0.775. The number of nitrogens with zero attached hydrogens (tertiary/aromatic N) is 2. The van der Waals surface area contributed by atoms with Gasteiger partial charge in [0.2, 0.25) is 0 Å². The Kier molecular flexibility index (Phi) is 11.7. The molecule has 0 saturated heterocycles. The molecule has 0 heterocycles. The molecule has 0 aliphatic carbocycles. The summed E-state index contributed by atoms with van der Waals surface area (Å²) in [5, 5.41) is 6.54. The molecule has 0 bridgehead atoms.